The van der Waals surface area contributed by atoms with Crippen LogP contribution < -0.4 is 20.9 Å². The fourth-order valence-electron chi connectivity index (χ4n) is 2.74. The zero-order valence-corrected chi connectivity index (χ0v) is 16.5. The molecule has 8 nitrogen and oxygen atoms in total. The lowest BCUT2D eigenvalue weighted by molar-refractivity contribution is -0.121. The maximum atomic E-state index is 12.2. The topological polar surface area (TPSA) is 102 Å². The van der Waals surface area contributed by atoms with Gasteiger partial charge in [-0.25, -0.2) is 4.68 Å². The van der Waals surface area contributed by atoms with E-state index in [-0.39, 0.29) is 37.0 Å². The molecule has 0 spiro atoms. The Labute approximate surface area is 173 Å². The molecule has 2 amide bonds. The molecule has 0 unspecified atom stereocenters. The van der Waals surface area contributed by atoms with Gasteiger partial charge >= 0.3 is 0 Å². The Hall–Kier alpha value is -3.94. The largest absolute Gasteiger partial charge is 0.497 e. The van der Waals surface area contributed by atoms with Crippen LogP contribution in [0.4, 0.5) is 0 Å². The highest BCUT2D eigenvalue weighted by atomic mass is 16.5. The molecule has 30 heavy (non-hydrogen) atoms. The number of nitrogens with zero attached hydrogens (tertiary/aromatic N) is 2. The highest BCUT2D eigenvalue weighted by Crippen LogP contribution is 2.14. The molecule has 1 heterocycles. The van der Waals surface area contributed by atoms with Crippen molar-refractivity contribution in [2.45, 2.75) is 6.54 Å². The number of carbonyl (C=O) groups excluding carboxylic acids is 2. The van der Waals surface area contributed by atoms with Crippen molar-refractivity contribution in [3.8, 4) is 17.0 Å². The number of benzene rings is 2. The van der Waals surface area contributed by atoms with Crippen LogP contribution in [0.1, 0.15) is 10.4 Å². The van der Waals surface area contributed by atoms with Gasteiger partial charge in [-0.1, -0.05) is 30.3 Å². The third kappa shape index (κ3) is 5.54. The summed E-state index contributed by atoms with van der Waals surface area (Å²) in [4.78, 5) is 36.3. The van der Waals surface area contributed by atoms with E-state index in [4.69, 9.17) is 4.74 Å². The molecule has 0 bridgehead atoms. The van der Waals surface area contributed by atoms with Crippen molar-refractivity contribution >= 4 is 11.8 Å². The van der Waals surface area contributed by atoms with E-state index >= 15 is 0 Å². The van der Waals surface area contributed by atoms with Gasteiger partial charge in [0.15, 0.2) is 0 Å². The fraction of sp³-hybridized carbons (Fsp3) is 0.182. The molecular weight excluding hydrogens is 384 g/mol. The lowest BCUT2D eigenvalue weighted by atomic mass is 10.1. The summed E-state index contributed by atoms with van der Waals surface area (Å²) in [6.45, 7) is 0.281. The SMILES string of the molecule is COc1ccc(C(=O)NCCNC(=O)Cn2nc(-c3ccccc3)ccc2=O)cc1. The van der Waals surface area contributed by atoms with Crippen molar-refractivity contribution in [1.82, 2.24) is 20.4 Å². The Morgan fingerprint density at radius 1 is 0.933 bits per heavy atom. The molecular formula is C22H22N4O4. The summed E-state index contributed by atoms with van der Waals surface area (Å²) in [5, 5.41) is 9.64. The molecule has 0 saturated carbocycles. The summed E-state index contributed by atoms with van der Waals surface area (Å²) >= 11 is 0. The molecule has 8 heteroatoms. The Kier molecular flexibility index (Phi) is 6.94. The summed E-state index contributed by atoms with van der Waals surface area (Å²) in [5.41, 5.74) is 1.59. The van der Waals surface area contributed by atoms with Crippen molar-refractivity contribution in [2.24, 2.45) is 0 Å². The predicted molar refractivity (Wildman–Crippen MR) is 112 cm³/mol. The van der Waals surface area contributed by atoms with Crippen molar-refractivity contribution in [3.05, 3.63) is 82.6 Å². The second kappa shape index (κ2) is 10.0. The quantitative estimate of drug-likeness (QED) is 0.552. The van der Waals surface area contributed by atoms with Crippen LogP contribution in [0.25, 0.3) is 11.3 Å². The van der Waals surface area contributed by atoms with E-state index in [1.807, 2.05) is 30.3 Å². The van der Waals surface area contributed by atoms with Crippen LogP contribution in [-0.2, 0) is 11.3 Å². The molecule has 0 atom stereocenters. The Morgan fingerprint density at radius 3 is 2.33 bits per heavy atom. The van der Waals surface area contributed by atoms with Gasteiger partial charge in [0.25, 0.3) is 11.5 Å². The second-order valence-corrected chi connectivity index (χ2v) is 6.41. The molecule has 0 radical (unpaired) electrons. The molecule has 0 aliphatic carbocycles. The molecule has 3 rings (SSSR count). The third-order valence-electron chi connectivity index (χ3n) is 4.31. The van der Waals surface area contributed by atoms with Crippen molar-refractivity contribution in [3.63, 3.8) is 0 Å². The van der Waals surface area contributed by atoms with Gasteiger partial charge in [0.05, 0.1) is 12.8 Å². The zero-order valence-electron chi connectivity index (χ0n) is 16.5. The molecule has 2 aromatic carbocycles. The van der Waals surface area contributed by atoms with Crippen LogP contribution in [0.3, 0.4) is 0 Å². The second-order valence-electron chi connectivity index (χ2n) is 6.41. The number of nitrogens with one attached hydrogen (secondary N) is 2. The van der Waals surface area contributed by atoms with Gasteiger partial charge in [0, 0.05) is 30.3 Å². The summed E-state index contributed by atoms with van der Waals surface area (Å²) in [6, 6.07) is 19.1. The Bertz CT molecular complexity index is 1060. The average molecular weight is 406 g/mol. The number of ether oxygens (including phenoxy) is 1. The van der Waals surface area contributed by atoms with Gasteiger partial charge in [-0.15, -0.1) is 0 Å². The molecule has 154 valence electrons. The third-order valence-corrected chi connectivity index (χ3v) is 4.31. The maximum absolute atomic E-state index is 12.2. The van der Waals surface area contributed by atoms with Crippen molar-refractivity contribution < 1.29 is 14.3 Å². The zero-order chi connectivity index (χ0) is 21.3. The molecule has 3 aromatic rings. The monoisotopic (exact) mass is 406 g/mol. The highest BCUT2D eigenvalue weighted by molar-refractivity contribution is 5.94. The molecule has 0 aliphatic heterocycles. The van der Waals surface area contributed by atoms with Crippen LogP contribution in [0.2, 0.25) is 0 Å². The van der Waals surface area contributed by atoms with Crippen LogP contribution in [0.15, 0.2) is 71.5 Å². The lowest BCUT2D eigenvalue weighted by Gasteiger charge is -2.09. The molecule has 1 aromatic heterocycles. The van der Waals surface area contributed by atoms with Gasteiger partial charge in [0.1, 0.15) is 12.3 Å². The van der Waals surface area contributed by atoms with Gasteiger partial charge in [-0.2, -0.15) is 5.10 Å². The first-order chi connectivity index (χ1) is 14.6. The smallest absolute Gasteiger partial charge is 0.267 e. The number of rotatable bonds is 8. The highest BCUT2D eigenvalue weighted by Gasteiger charge is 2.09. The molecule has 0 fully saturated rings. The van der Waals surface area contributed by atoms with Crippen LogP contribution >= 0.6 is 0 Å². The van der Waals surface area contributed by atoms with E-state index < -0.39 is 0 Å². The average Bonchev–Trinajstić information content (AvgIpc) is 2.78. The summed E-state index contributed by atoms with van der Waals surface area (Å²) in [5.74, 6) is 0.0489. The first-order valence-electron chi connectivity index (χ1n) is 9.39. The van der Waals surface area contributed by atoms with Crippen LogP contribution in [0.5, 0.6) is 5.75 Å². The minimum absolute atomic E-state index is 0.202. The number of hydrogen-bond donors (Lipinski definition) is 2. The van der Waals surface area contributed by atoms with E-state index in [9.17, 15) is 14.4 Å². The summed E-state index contributed by atoms with van der Waals surface area (Å²) in [7, 11) is 1.55. The van der Waals surface area contributed by atoms with E-state index in [1.54, 1.807) is 37.4 Å². The normalized spacial score (nSPS) is 10.3. The van der Waals surface area contributed by atoms with Gasteiger partial charge < -0.3 is 15.4 Å². The van der Waals surface area contributed by atoms with E-state index in [0.717, 1.165) is 10.2 Å². The first-order valence-corrected chi connectivity index (χ1v) is 9.39. The van der Waals surface area contributed by atoms with Gasteiger partial charge in [0.2, 0.25) is 5.91 Å². The van der Waals surface area contributed by atoms with Gasteiger partial charge in [-0.3, -0.25) is 14.4 Å². The summed E-state index contributed by atoms with van der Waals surface area (Å²) < 4.78 is 6.17. The van der Waals surface area contributed by atoms with Crippen LogP contribution in [-0.4, -0.2) is 41.8 Å². The molecule has 0 aliphatic rings. The fourth-order valence-corrected chi connectivity index (χ4v) is 2.74. The standard InChI is InChI=1S/C22H22N4O4/c1-30-18-9-7-17(8-10-18)22(29)24-14-13-23-20(27)15-26-21(28)12-11-19(25-26)16-5-3-2-4-6-16/h2-12H,13-15H2,1H3,(H,23,27)(H,24,29). The molecule has 2 N–H and O–H groups in total. The lowest BCUT2D eigenvalue weighted by Crippen LogP contribution is -2.38. The number of methoxy groups -OCH3 is 1. The van der Waals surface area contributed by atoms with E-state index in [1.165, 1.54) is 6.07 Å². The van der Waals surface area contributed by atoms with E-state index in [2.05, 4.69) is 15.7 Å². The van der Waals surface area contributed by atoms with Crippen LogP contribution in [0, 0.1) is 0 Å². The number of aromatic nitrogens is 2. The van der Waals surface area contributed by atoms with Crippen molar-refractivity contribution in [1.29, 1.82) is 0 Å². The van der Waals surface area contributed by atoms with Gasteiger partial charge in [-0.05, 0) is 30.3 Å². The maximum Gasteiger partial charge on any atom is 0.267 e. The summed E-state index contributed by atoms with van der Waals surface area (Å²) in [6.07, 6.45) is 0. The number of hydrogen-bond acceptors (Lipinski definition) is 5. The van der Waals surface area contributed by atoms with Crippen molar-refractivity contribution in [2.75, 3.05) is 20.2 Å². The Morgan fingerprint density at radius 2 is 1.63 bits per heavy atom. The number of amides is 2. The Balaban J connectivity index is 1.49. The van der Waals surface area contributed by atoms with E-state index in [0.29, 0.717) is 17.0 Å². The minimum Gasteiger partial charge on any atom is -0.497 e. The first kappa shape index (κ1) is 20.8. The molecule has 0 saturated heterocycles. The minimum atomic E-state index is -0.367. The predicted octanol–water partition coefficient (Wildman–Crippen LogP) is 1.47. The number of carbonyl (C=O) groups is 2.